The largest absolute Gasteiger partial charge is 0.278 e. The fraction of sp³-hybridized carbons (Fsp3) is 0.0156. The summed E-state index contributed by atoms with van der Waals surface area (Å²) in [5.41, 5.74) is 19.1. The van der Waals surface area contributed by atoms with Gasteiger partial charge in [-0.15, -0.1) is 0 Å². The molecule has 3 aromatic heterocycles. The van der Waals surface area contributed by atoms with Crippen LogP contribution in [0.4, 0.5) is 0 Å². The highest BCUT2D eigenvalue weighted by atomic mass is 15.3. The second-order valence-electron chi connectivity index (χ2n) is 18.2. The molecular formula is C64H39N5. The van der Waals surface area contributed by atoms with Crippen LogP contribution >= 0.6 is 0 Å². The van der Waals surface area contributed by atoms with Gasteiger partial charge in [0.15, 0.2) is 5.82 Å². The fourth-order valence-electron chi connectivity index (χ4n) is 12.2. The molecule has 2 aliphatic rings. The Morgan fingerprint density at radius 3 is 1.19 bits per heavy atom. The van der Waals surface area contributed by atoms with Crippen molar-refractivity contribution in [3.8, 4) is 67.8 Å². The molecule has 13 aromatic rings. The van der Waals surface area contributed by atoms with E-state index < -0.39 is 5.41 Å². The zero-order chi connectivity index (χ0) is 45.2. The van der Waals surface area contributed by atoms with Crippen LogP contribution in [0.5, 0.6) is 0 Å². The van der Waals surface area contributed by atoms with Crippen molar-refractivity contribution in [2.75, 3.05) is 0 Å². The molecule has 0 aliphatic heterocycles. The highest BCUT2D eigenvalue weighted by molar-refractivity contribution is 6.17. The summed E-state index contributed by atoms with van der Waals surface area (Å²) in [7, 11) is 0. The molecule has 0 fully saturated rings. The molecule has 2 aliphatic carbocycles. The maximum Gasteiger partial charge on any atom is 0.240 e. The highest BCUT2D eigenvalue weighted by Gasteiger charge is 2.52. The lowest BCUT2D eigenvalue weighted by Gasteiger charge is -2.30. The molecule has 0 radical (unpaired) electrons. The van der Waals surface area contributed by atoms with Crippen molar-refractivity contribution in [2.24, 2.45) is 0 Å². The summed E-state index contributed by atoms with van der Waals surface area (Å²) in [5, 5.41) is 4.58. The van der Waals surface area contributed by atoms with Crippen molar-refractivity contribution in [2.45, 2.75) is 5.41 Å². The Morgan fingerprint density at radius 1 is 0.275 bits per heavy atom. The molecule has 0 saturated heterocycles. The van der Waals surface area contributed by atoms with Crippen LogP contribution in [0.25, 0.3) is 111 Å². The summed E-state index contributed by atoms with van der Waals surface area (Å²) >= 11 is 0. The van der Waals surface area contributed by atoms with Crippen molar-refractivity contribution in [3.63, 3.8) is 0 Å². The van der Waals surface area contributed by atoms with Gasteiger partial charge in [-0.3, -0.25) is 9.13 Å². The number of para-hydroxylation sites is 2. The summed E-state index contributed by atoms with van der Waals surface area (Å²) in [6.07, 6.45) is 0. The Labute approximate surface area is 397 Å². The predicted molar refractivity (Wildman–Crippen MR) is 281 cm³/mol. The Hall–Kier alpha value is -9.19. The lowest BCUT2D eigenvalue weighted by molar-refractivity contribution is 0.793. The SMILES string of the molecule is c1ccc(-c2cccc3c2c2ccccc2n3-c2nc(-c3cccc4c3-c3ccccc3C43c4ccccc4-c4ccccc43)nc(-n3c4ccccc4c4c(-c5ccccc5)cccc43)n2)cc1. The second kappa shape index (κ2) is 14.4. The molecule has 320 valence electrons. The third-order valence-corrected chi connectivity index (χ3v) is 14.8. The van der Waals surface area contributed by atoms with Crippen molar-refractivity contribution in [1.29, 1.82) is 0 Å². The maximum absolute atomic E-state index is 5.67. The Balaban J connectivity index is 1.07. The number of hydrogen-bond donors (Lipinski definition) is 0. The van der Waals surface area contributed by atoms with E-state index in [4.69, 9.17) is 15.0 Å². The maximum atomic E-state index is 5.67. The molecule has 10 aromatic carbocycles. The first-order valence-electron chi connectivity index (χ1n) is 23.6. The van der Waals surface area contributed by atoms with Crippen molar-refractivity contribution in [1.82, 2.24) is 24.1 Å². The third-order valence-electron chi connectivity index (χ3n) is 14.8. The third kappa shape index (κ3) is 5.16. The lowest BCUT2D eigenvalue weighted by Crippen LogP contribution is -2.25. The van der Waals surface area contributed by atoms with Crippen LogP contribution in [0.2, 0.25) is 0 Å². The first-order chi connectivity index (χ1) is 34.3. The van der Waals surface area contributed by atoms with E-state index >= 15 is 0 Å². The fourth-order valence-corrected chi connectivity index (χ4v) is 12.2. The smallest absolute Gasteiger partial charge is 0.240 e. The van der Waals surface area contributed by atoms with E-state index in [1.54, 1.807) is 0 Å². The van der Waals surface area contributed by atoms with E-state index in [1.807, 2.05) is 0 Å². The number of nitrogens with zero attached hydrogens (tertiary/aromatic N) is 5. The average molecular weight is 878 g/mol. The number of hydrogen-bond acceptors (Lipinski definition) is 3. The zero-order valence-corrected chi connectivity index (χ0v) is 37.3. The molecule has 5 heteroatoms. The molecule has 69 heavy (non-hydrogen) atoms. The number of aromatic nitrogens is 5. The van der Waals surface area contributed by atoms with E-state index in [-0.39, 0.29) is 0 Å². The quantitative estimate of drug-likeness (QED) is 0.173. The van der Waals surface area contributed by atoms with Gasteiger partial charge in [-0.25, -0.2) is 0 Å². The van der Waals surface area contributed by atoms with Gasteiger partial charge >= 0.3 is 0 Å². The Kier molecular flexibility index (Phi) is 7.93. The van der Waals surface area contributed by atoms with Gasteiger partial charge < -0.3 is 0 Å². The Morgan fingerprint density at radius 2 is 0.652 bits per heavy atom. The van der Waals surface area contributed by atoms with Crippen molar-refractivity contribution >= 4 is 43.6 Å². The van der Waals surface area contributed by atoms with E-state index in [0.717, 1.165) is 77.0 Å². The Bertz CT molecular complexity index is 4040. The van der Waals surface area contributed by atoms with Crippen LogP contribution in [0.3, 0.4) is 0 Å². The highest BCUT2D eigenvalue weighted by Crippen LogP contribution is 2.64. The van der Waals surface area contributed by atoms with Gasteiger partial charge in [0.2, 0.25) is 11.9 Å². The van der Waals surface area contributed by atoms with Crippen molar-refractivity contribution in [3.05, 3.63) is 259 Å². The van der Waals surface area contributed by atoms with Crippen LogP contribution in [0, 0.1) is 0 Å². The predicted octanol–water partition coefficient (Wildman–Crippen LogP) is 15.4. The molecule has 0 amide bonds. The van der Waals surface area contributed by atoms with E-state index in [1.165, 1.54) is 38.9 Å². The normalized spacial score (nSPS) is 13.0. The van der Waals surface area contributed by atoms with Gasteiger partial charge in [-0.05, 0) is 91.0 Å². The standard InChI is InChI=1S/C64H39N5/c1-3-20-40(21-4-1)42-29-18-38-56-59(42)47-27-10-15-36-54(47)68(56)62-65-61(66-63(67-62)69-55-37-16-11-28-48(55)60-43(30-19-39-57(60)69)41-22-5-2-6-23-41)49-31-17-35-53-58(49)46-26-9-14-34-52(46)64(53)50-32-12-7-24-44(50)45-25-8-13-33-51(45)64/h1-39H. The average Bonchev–Trinajstić information content (AvgIpc) is 4.14. The minimum atomic E-state index is -0.519. The summed E-state index contributed by atoms with van der Waals surface area (Å²) in [5.74, 6) is 1.70. The molecular weight excluding hydrogens is 839 g/mol. The van der Waals surface area contributed by atoms with Crippen LogP contribution in [0.15, 0.2) is 237 Å². The van der Waals surface area contributed by atoms with Crippen molar-refractivity contribution < 1.29 is 0 Å². The molecule has 0 N–H and O–H groups in total. The van der Waals surface area contributed by atoms with Crippen LogP contribution in [0.1, 0.15) is 22.3 Å². The van der Waals surface area contributed by atoms with Gasteiger partial charge in [-0.2, -0.15) is 15.0 Å². The molecule has 1 spiro atoms. The van der Waals surface area contributed by atoms with Gasteiger partial charge in [0.05, 0.1) is 27.5 Å². The van der Waals surface area contributed by atoms with Gasteiger partial charge in [0.25, 0.3) is 0 Å². The van der Waals surface area contributed by atoms with Crippen LogP contribution in [-0.2, 0) is 5.41 Å². The van der Waals surface area contributed by atoms with E-state index in [0.29, 0.717) is 17.7 Å². The summed E-state index contributed by atoms with van der Waals surface area (Å²) in [6, 6.07) is 85.4. The summed E-state index contributed by atoms with van der Waals surface area (Å²) < 4.78 is 4.49. The molecule has 0 unspecified atom stereocenters. The summed E-state index contributed by atoms with van der Waals surface area (Å²) in [6.45, 7) is 0. The first-order valence-corrected chi connectivity index (χ1v) is 23.6. The van der Waals surface area contributed by atoms with E-state index in [2.05, 4.69) is 246 Å². The molecule has 0 atom stereocenters. The zero-order valence-electron chi connectivity index (χ0n) is 37.3. The van der Waals surface area contributed by atoms with Gasteiger partial charge in [0.1, 0.15) is 0 Å². The first kappa shape index (κ1) is 38.0. The minimum absolute atomic E-state index is 0.519. The number of benzene rings is 10. The number of fused-ring (bicyclic) bond motifs is 16. The number of rotatable bonds is 5. The van der Waals surface area contributed by atoms with Gasteiger partial charge in [0, 0.05) is 27.1 Å². The van der Waals surface area contributed by atoms with Gasteiger partial charge in [-0.1, -0.05) is 212 Å². The molecule has 3 heterocycles. The molecule has 0 saturated carbocycles. The molecule has 0 bridgehead atoms. The van der Waals surface area contributed by atoms with E-state index in [9.17, 15) is 0 Å². The second-order valence-corrected chi connectivity index (χ2v) is 18.2. The topological polar surface area (TPSA) is 48.5 Å². The minimum Gasteiger partial charge on any atom is -0.278 e. The van der Waals surface area contributed by atoms with Crippen LogP contribution < -0.4 is 0 Å². The lowest BCUT2D eigenvalue weighted by atomic mass is 9.70. The molecule has 15 rings (SSSR count). The molecule has 5 nitrogen and oxygen atoms in total. The monoisotopic (exact) mass is 877 g/mol. The summed E-state index contributed by atoms with van der Waals surface area (Å²) in [4.78, 5) is 17.0. The van der Waals surface area contributed by atoms with Crippen LogP contribution in [-0.4, -0.2) is 24.1 Å².